The fourth-order valence-electron chi connectivity index (χ4n) is 6.14. The van der Waals surface area contributed by atoms with Gasteiger partial charge in [0.25, 0.3) is 5.91 Å². The molecule has 4 saturated carbocycles. The predicted octanol–water partition coefficient (Wildman–Crippen LogP) is 4.74. The van der Waals surface area contributed by atoms with E-state index >= 15 is 0 Å². The predicted molar refractivity (Wildman–Crippen MR) is 110 cm³/mol. The van der Waals surface area contributed by atoms with Gasteiger partial charge in [-0.25, -0.2) is 0 Å². The van der Waals surface area contributed by atoms with Crippen LogP contribution < -0.4 is 10.6 Å². The Labute approximate surface area is 163 Å². The molecule has 4 aliphatic rings. The van der Waals surface area contributed by atoms with Gasteiger partial charge in [0.1, 0.15) is 5.71 Å². The van der Waals surface area contributed by atoms with Crippen molar-refractivity contribution < 1.29 is 4.79 Å². The quantitative estimate of drug-likeness (QED) is 0.459. The first-order valence-electron chi connectivity index (χ1n) is 10.8. The molecular formula is C23H33N3O. The van der Waals surface area contributed by atoms with Gasteiger partial charge in [-0.3, -0.25) is 10.2 Å². The van der Waals surface area contributed by atoms with Crippen LogP contribution in [0.2, 0.25) is 0 Å². The third kappa shape index (κ3) is 3.90. The number of carbonyl (C=O) groups excluding carboxylic acids is 1. The molecule has 27 heavy (non-hydrogen) atoms. The van der Waals surface area contributed by atoms with Crippen molar-refractivity contribution in [3.8, 4) is 0 Å². The Morgan fingerprint density at radius 1 is 1.07 bits per heavy atom. The van der Waals surface area contributed by atoms with Crippen molar-refractivity contribution in [3.63, 3.8) is 0 Å². The summed E-state index contributed by atoms with van der Waals surface area (Å²) in [7, 11) is 0. The molecule has 1 amide bonds. The summed E-state index contributed by atoms with van der Waals surface area (Å²) in [5, 5.41) is 15.3. The van der Waals surface area contributed by atoms with Gasteiger partial charge in [-0.15, -0.1) is 0 Å². The van der Waals surface area contributed by atoms with Crippen molar-refractivity contribution in [1.82, 2.24) is 5.32 Å². The molecule has 0 atom stereocenters. The van der Waals surface area contributed by atoms with Gasteiger partial charge in [-0.05, 0) is 68.8 Å². The third-order valence-electron chi connectivity index (χ3n) is 6.94. The molecule has 1 aromatic carbocycles. The number of amides is 1. The Kier molecular flexibility index (Phi) is 5.25. The Morgan fingerprint density at radius 2 is 1.70 bits per heavy atom. The van der Waals surface area contributed by atoms with E-state index in [0.717, 1.165) is 61.2 Å². The van der Waals surface area contributed by atoms with Gasteiger partial charge in [-0.2, -0.15) is 0 Å². The fourth-order valence-corrected chi connectivity index (χ4v) is 6.14. The van der Waals surface area contributed by atoms with Crippen LogP contribution in [0.25, 0.3) is 0 Å². The second-order valence-electron chi connectivity index (χ2n) is 9.21. The van der Waals surface area contributed by atoms with Gasteiger partial charge >= 0.3 is 0 Å². The van der Waals surface area contributed by atoms with Crippen molar-refractivity contribution in [1.29, 1.82) is 5.41 Å². The van der Waals surface area contributed by atoms with E-state index in [0.29, 0.717) is 0 Å². The number of nitrogens with one attached hydrogen (secondary N) is 3. The normalized spacial score (nSPS) is 30.9. The number of para-hydroxylation sites is 1. The molecule has 3 N–H and O–H groups in total. The number of hydrogen-bond donors (Lipinski definition) is 3. The summed E-state index contributed by atoms with van der Waals surface area (Å²) in [4.78, 5) is 13.0. The van der Waals surface area contributed by atoms with E-state index in [1.165, 1.54) is 32.1 Å². The summed E-state index contributed by atoms with van der Waals surface area (Å²) in [5.41, 5.74) is 1.68. The zero-order valence-corrected chi connectivity index (χ0v) is 16.5. The van der Waals surface area contributed by atoms with Crippen molar-refractivity contribution in [2.75, 3.05) is 11.9 Å². The molecule has 4 fully saturated rings. The topological polar surface area (TPSA) is 65.0 Å². The van der Waals surface area contributed by atoms with Crippen LogP contribution in [-0.4, -0.2) is 23.7 Å². The summed E-state index contributed by atoms with van der Waals surface area (Å²) in [6.07, 6.45) is 10.9. The molecule has 0 heterocycles. The summed E-state index contributed by atoms with van der Waals surface area (Å²) in [6, 6.07) is 7.76. The third-order valence-corrected chi connectivity index (χ3v) is 6.94. The van der Waals surface area contributed by atoms with E-state index in [9.17, 15) is 4.79 Å². The molecular weight excluding hydrogens is 334 g/mol. The molecule has 1 aromatic rings. The number of anilines is 1. The van der Waals surface area contributed by atoms with Crippen molar-refractivity contribution in [2.45, 2.75) is 70.3 Å². The molecule has 5 rings (SSSR count). The van der Waals surface area contributed by atoms with Gasteiger partial charge in [0.2, 0.25) is 0 Å². The number of rotatable bonds is 8. The minimum Gasteiger partial charge on any atom is -0.384 e. The SMILES string of the molecule is CCCCCNc1ccccc1C(=N)C(=O)NC12CC3CC(CC(C3)C1)C2. The molecule has 0 radical (unpaired) electrons. The highest BCUT2D eigenvalue weighted by Crippen LogP contribution is 2.55. The molecule has 0 unspecified atom stereocenters. The minimum absolute atomic E-state index is 0.0400. The van der Waals surface area contributed by atoms with E-state index in [4.69, 9.17) is 5.41 Å². The van der Waals surface area contributed by atoms with Crippen LogP contribution in [0, 0.1) is 23.2 Å². The van der Waals surface area contributed by atoms with E-state index in [-0.39, 0.29) is 17.2 Å². The fraction of sp³-hybridized carbons (Fsp3) is 0.652. The average molecular weight is 368 g/mol. The molecule has 4 heteroatoms. The van der Waals surface area contributed by atoms with Crippen LogP contribution in [0.15, 0.2) is 24.3 Å². The maximum absolute atomic E-state index is 13.0. The van der Waals surface area contributed by atoms with Crippen LogP contribution in [0.5, 0.6) is 0 Å². The highest BCUT2D eigenvalue weighted by atomic mass is 16.2. The number of hydrogen-bond acceptors (Lipinski definition) is 3. The number of unbranched alkanes of at least 4 members (excludes halogenated alkanes) is 2. The molecule has 4 nitrogen and oxygen atoms in total. The summed E-state index contributed by atoms with van der Waals surface area (Å²) < 4.78 is 0. The highest BCUT2D eigenvalue weighted by molar-refractivity contribution is 6.45. The molecule has 0 spiro atoms. The summed E-state index contributed by atoms with van der Waals surface area (Å²) in [6.45, 7) is 3.08. The average Bonchev–Trinajstić information content (AvgIpc) is 2.63. The first-order valence-corrected chi connectivity index (χ1v) is 10.8. The Balaban J connectivity index is 1.43. The maximum Gasteiger partial charge on any atom is 0.270 e. The highest BCUT2D eigenvalue weighted by Gasteiger charge is 2.51. The molecule has 0 aliphatic heterocycles. The van der Waals surface area contributed by atoms with Crippen LogP contribution in [0.3, 0.4) is 0 Å². The zero-order chi connectivity index (χ0) is 18.9. The van der Waals surface area contributed by atoms with Crippen molar-refractivity contribution in [2.24, 2.45) is 17.8 Å². The molecule has 4 aliphatic carbocycles. The number of benzene rings is 1. The van der Waals surface area contributed by atoms with E-state index in [1.807, 2.05) is 24.3 Å². The first kappa shape index (κ1) is 18.5. The minimum atomic E-state index is -0.195. The zero-order valence-electron chi connectivity index (χ0n) is 16.5. The lowest BCUT2D eigenvalue weighted by Gasteiger charge is -2.56. The van der Waals surface area contributed by atoms with Crippen LogP contribution in [0.1, 0.15) is 70.3 Å². The maximum atomic E-state index is 13.0. The molecule has 0 saturated heterocycles. The largest absolute Gasteiger partial charge is 0.384 e. The van der Waals surface area contributed by atoms with Gasteiger partial charge in [0, 0.05) is 23.3 Å². The van der Waals surface area contributed by atoms with Crippen LogP contribution in [0.4, 0.5) is 5.69 Å². The summed E-state index contributed by atoms with van der Waals surface area (Å²) in [5.74, 6) is 2.18. The molecule has 0 aromatic heterocycles. The standard InChI is InChI=1S/C23H33N3O/c1-2-3-6-9-25-20-8-5-4-7-19(20)21(24)22(27)26-23-13-16-10-17(14-23)12-18(11-16)15-23/h4-5,7-8,16-18,24-25H,2-3,6,9-15H2,1H3,(H,26,27). The van der Waals surface area contributed by atoms with E-state index < -0.39 is 0 Å². The Bertz CT molecular complexity index is 676. The van der Waals surface area contributed by atoms with Crippen molar-refractivity contribution >= 4 is 17.3 Å². The lowest BCUT2D eigenvalue weighted by atomic mass is 9.53. The lowest BCUT2D eigenvalue weighted by molar-refractivity contribution is -0.120. The second kappa shape index (κ2) is 7.65. The van der Waals surface area contributed by atoms with Gasteiger partial charge < -0.3 is 10.6 Å². The van der Waals surface area contributed by atoms with Crippen molar-refractivity contribution in [3.05, 3.63) is 29.8 Å². The monoisotopic (exact) mass is 367 g/mol. The van der Waals surface area contributed by atoms with Gasteiger partial charge in [0.15, 0.2) is 0 Å². The lowest BCUT2D eigenvalue weighted by Crippen LogP contribution is -2.60. The van der Waals surface area contributed by atoms with Gasteiger partial charge in [-0.1, -0.05) is 38.0 Å². The Morgan fingerprint density at radius 3 is 2.33 bits per heavy atom. The van der Waals surface area contributed by atoms with Gasteiger partial charge in [0.05, 0.1) is 0 Å². The van der Waals surface area contributed by atoms with E-state index in [1.54, 1.807) is 0 Å². The number of carbonyl (C=O) groups is 1. The smallest absolute Gasteiger partial charge is 0.270 e. The van der Waals surface area contributed by atoms with E-state index in [2.05, 4.69) is 17.6 Å². The second-order valence-corrected chi connectivity index (χ2v) is 9.21. The Hall–Kier alpha value is -1.84. The molecule has 4 bridgehead atoms. The summed E-state index contributed by atoms with van der Waals surface area (Å²) >= 11 is 0. The van der Waals surface area contributed by atoms with Crippen LogP contribution in [-0.2, 0) is 4.79 Å². The van der Waals surface area contributed by atoms with Crippen LogP contribution >= 0.6 is 0 Å². The first-order chi connectivity index (χ1) is 13.1. The molecule has 146 valence electrons.